The number of alkyl carbamates (subject to hydrolysis) is 1. The van der Waals surface area contributed by atoms with E-state index >= 15 is 0 Å². The molecule has 1 saturated carbocycles. The average molecular weight is 396 g/mol. The van der Waals surface area contributed by atoms with Crippen molar-refractivity contribution >= 4 is 28.7 Å². The highest BCUT2D eigenvalue weighted by atomic mass is 32.2. The number of hydrogen-bond acceptors (Lipinski definition) is 6. The first kappa shape index (κ1) is 19.9. The summed E-state index contributed by atoms with van der Waals surface area (Å²) in [5, 5.41) is 3.14. The summed E-state index contributed by atoms with van der Waals surface area (Å²) in [6.45, 7) is 5.38. The fourth-order valence-electron chi connectivity index (χ4n) is 3.74. The molecule has 1 aromatic rings. The van der Waals surface area contributed by atoms with Gasteiger partial charge in [-0.2, -0.15) is 0 Å². The number of amidine groups is 1. The van der Waals surface area contributed by atoms with Gasteiger partial charge < -0.3 is 15.2 Å². The molecule has 3 atom stereocenters. The van der Waals surface area contributed by atoms with Gasteiger partial charge in [0.2, 0.25) is 0 Å². The van der Waals surface area contributed by atoms with Crippen molar-refractivity contribution < 1.29 is 18.7 Å². The van der Waals surface area contributed by atoms with E-state index in [9.17, 15) is 9.18 Å². The molecule has 1 aliphatic heterocycles. The van der Waals surface area contributed by atoms with Gasteiger partial charge in [-0.15, -0.1) is 0 Å². The van der Waals surface area contributed by atoms with Gasteiger partial charge in [-0.1, -0.05) is 11.8 Å². The van der Waals surface area contributed by atoms with E-state index in [0.717, 1.165) is 6.42 Å². The summed E-state index contributed by atoms with van der Waals surface area (Å²) in [5.41, 5.74) is 5.44. The number of rotatable bonds is 2. The number of thioether (sulfide) groups is 1. The molecule has 1 heterocycles. The van der Waals surface area contributed by atoms with Crippen molar-refractivity contribution in [3.8, 4) is 0 Å². The van der Waals surface area contributed by atoms with Crippen LogP contribution in [0.25, 0.3) is 0 Å². The minimum Gasteiger partial charge on any atom is -0.444 e. The van der Waals surface area contributed by atoms with Crippen molar-refractivity contribution in [2.75, 3.05) is 18.6 Å². The van der Waals surface area contributed by atoms with E-state index in [4.69, 9.17) is 20.2 Å². The lowest BCUT2D eigenvalue weighted by Crippen LogP contribution is -2.42. The third kappa shape index (κ3) is 4.21. The Balaban J connectivity index is 1.97. The number of carbonyl (C=O) groups is 1. The number of nitrogens with one attached hydrogen (secondary N) is 1. The molecule has 1 aliphatic carbocycles. The summed E-state index contributed by atoms with van der Waals surface area (Å²) in [4.78, 5) is 17.0. The van der Waals surface area contributed by atoms with Crippen LogP contribution in [-0.2, 0) is 15.0 Å². The van der Waals surface area contributed by atoms with E-state index in [1.165, 1.54) is 23.9 Å². The molecule has 3 N–H and O–H groups in total. The van der Waals surface area contributed by atoms with E-state index in [0.29, 0.717) is 28.6 Å². The quantitative estimate of drug-likeness (QED) is 0.747. The van der Waals surface area contributed by atoms with Crippen LogP contribution in [0.1, 0.15) is 39.2 Å². The number of amides is 1. The van der Waals surface area contributed by atoms with Crippen molar-refractivity contribution in [1.82, 2.24) is 5.32 Å². The zero-order valence-corrected chi connectivity index (χ0v) is 16.9. The summed E-state index contributed by atoms with van der Waals surface area (Å²) >= 11 is 1.44. The zero-order chi connectivity index (χ0) is 19.8. The van der Waals surface area contributed by atoms with Gasteiger partial charge >= 0.3 is 6.09 Å². The Morgan fingerprint density at radius 1 is 1.44 bits per heavy atom. The molecule has 0 saturated heterocycles. The SMILES string of the molecule is CO[C@H]1C[C@@H]2CSC(NC(=O)OC(C)(C)C)=N[C@]2(c2cc(N)ccc2F)C1. The molecule has 0 unspecified atom stereocenters. The monoisotopic (exact) mass is 395 g/mol. The lowest BCUT2D eigenvalue weighted by atomic mass is 9.81. The molecule has 1 amide bonds. The highest BCUT2D eigenvalue weighted by Crippen LogP contribution is 2.52. The van der Waals surface area contributed by atoms with Crippen molar-refractivity contribution in [3.05, 3.63) is 29.6 Å². The zero-order valence-electron chi connectivity index (χ0n) is 16.0. The molecule has 1 fully saturated rings. The topological polar surface area (TPSA) is 85.9 Å². The number of nitrogen functional groups attached to an aromatic ring is 1. The molecule has 0 spiro atoms. The predicted octanol–water partition coefficient (Wildman–Crippen LogP) is 3.66. The number of benzene rings is 1. The second-order valence-corrected chi connectivity index (χ2v) is 9.02. The van der Waals surface area contributed by atoms with E-state index < -0.39 is 17.2 Å². The summed E-state index contributed by atoms with van der Waals surface area (Å²) in [5.74, 6) is 0.439. The van der Waals surface area contributed by atoms with Gasteiger partial charge in [0.15, 0.2) is 5.17 Å². The Kier molecular flexibility index (Phi) is 5.40. The second-order valence-electron chi connectivity index (χ2n) is 8.01. The Labute approximate surface area is 163 Å². The maximum absolute atomic E-state index is 14.7. The number of fused-ring (bicyclic) bond motifs is 1. The molecule has 2 aliphatic rings. The summed E-state index contributed by atoms with van der Waals surface area (Å²) in [7, 11) is 1.65. The van der Waals surface area contributed by atoms with Gasteiger partial charge in [0.05, 0.1) is 11.6 Å². The van der Waals surface area contributed by atoms with Crippen molar-refractivity contribution in [3.63, 3.8) is 0 Å². The molecular formula is C19H26FN3O3S. The lowest BCUT2D eigenvalue weighted by molar-refractivity contribution is 0.0564. The Morgan fingerprint density at radius 3 is 2.85 bits per heavy atom. The third-order valence-corrected chi connectivity index (χ3v) is 5.92. The highest BCUT2D eigenvalue weighted by molar-refractivity contribution is 8.13. The first-order valence-corrected chi connectivity index (χ1v) is 9.92. The van der Waals surface area contributed by atoms with Gasteiger partial charge in [-0.25, -0.2) is 9.18 Å². The Morgan fingerprint density at radius 2 is 2.19 bits per heavy atom. The van der Waals surface area contributed by atoms with Gasteiger partial charge in [-0.3, -0.25) is 10.3 Å². The number of halogens is 1. The molecule has 0 radical (unpaired) electrons. The van der Waals surface area contributed by atoms with Crippen LogP contribution < -0.4 is 11.1 Å². The van der Waals surface area contributed by atoms with E-state index in [-0.39, 0.29) is 17.8 Å². The maximum atomic E-state index is 14.7. The predicted molar refractivity (Wildman–Crippen MR) is 105 cm³/mol. The van der Waals surface area contributed by atoms with Gasteiger partial charge in [-0.05, 0) is 45.4 Å². The van der Waals surface area contributed by atoms with E-state index in [2.05, 4.69) is 5.32 Å². The van der Waals surface area contributed by atoms with E-state index in [1.54, 1.807) is 33.9 Å². The number of ether oxygens (including phenoxy) is 2. The van der Waals surface area contributed by atoms with Crippen LogP contribution >= 0.6 is 11.8 Å². The molecule has 8 heteroatoms. The molecule has 3 rings (SSSR count). The fraction of sp³-hybridized carbons (Fsp3) is 0.579. The van der Waals surface area contributed by atoms with Crippen molar-refractivity contribution in [1.29, 1.82) is 0 Å². The molecule has 6 nitrogen and oxygen atoms in total. The molecule has 1 aromatic carbocycles. The maximum Gasteiger partial charge on any atom is 0.413 e. The van der Waals surface area contributed by atoms with Crippen LogP contribution in [0.4, 0.5) is 14.9 Å². The molecule has 27 heavy (non-hydrogen) atoms. The van der Waals surface area contributed by atoms with Gasteiger partial charge in [0, 0.05) is 36.5 Å². The largest absolute Gasteiger partial charge is 0.444 e. The summed E-state index contributed by atoms with van der Waals surface area (Å²) < 4.78 is 25.6. The minimum atomic E-state index is -0.810. The number of anilines is 1. The summed E-state index contributed by atoms with van der Waals surface area (Å²) in [6.07, 6.45) is 0.716. The average Bonchev–Trinajstić information content (AvgIpc) is 2.94. The smallest absolute Gasteiger partial charge is 0.413 e. The highest BCUT2D eigenvalue weighted by Gasteiger charge is 2.52. The standard InChI is InChI=1S/C19H26FN3O3S/c1-18(2,3)26-17(24)22-16-23-19(14-8-12(21)5-6-15(14)20)9-13(25-4)7-11(19)10-27-16/h5-6,8,11,13H,7,9-10,21H2,1-4H3,(H,22,23,24)/t11-,13+,19-/m1/s1. The third-order valence-electron chi connectivity index (χ3n) is 4.88. The van der Waals surface area contributed by atoms with Crippen LogP contribution in [0.3, 0.4) is 0 Å². The second kappa shape index (κ2) is 7.31. The number of aliphatic imine (C=N–C) groups is 1. The first-order valence-electron chi connectivity index (χ1n) is 8.94. The van der Waals surface area contributed by atoms with Gasteiger partial charge in [0.25, 0.3) is 0 Å². The van der Waals surface area contributed by atoms with Crippen LogP contribution in [0, 0.1) is 11.7 Å². The van der Waals surface area contributed by atoms with Crippen molar-refractivity contribution in [2.45, 2.75) is 50.9 Å². The lowest BCUT2D eigenvalue weighted by Gasteiger charge is -2.36. The normalized spacial score (nSPS) is 27.7. The van der Waals surface area contributed by atoms with Crippen LogP contribution in [0.15, 0.2) is 23.2 Å². The van der Waals surface area contributed by atoms with Crippen LogP contribution in [0.2, 0.25) is 0 Å². The van der Waals surface area contributed by atoms with E-state index in [1.807, 2.05) is 0 Å². The van der Waals surface area contributed by atoms with Crippen molar-refractivity contribution in [2.24, 2.45) is 10.9 Å². The first-order chi connectivity index (χ1) is 12.6. The number of methoxy groups -OCH3 is 1. The van der Waals surface area contributed by atoms with Gasteiger partial charge in [0.1, 0.15) is 11.4 Å². The Hall–Kier alpha value is -1.80. The number of hydrogen-bond donors (Lipinski definition) is 2. The fourth-order valence-corrected chi connectivity index (χ4v) is 4.90. The number of carbonyl (C=O) groups excluding carboxylic acids is 1. The number of nitrogens with zero attached hydrogens (tertiary/aromatic N) is 1. The summed E-state index contributed by atoms with van der Waals surface area (Å²) in [6, 6.07) is 4.55. The molecule has 148 valence electrons. The Bertz CT molecular complexity index is 765. The molecular weight excluding hydrogens is 369 g/mol. The van der Waals surface area contributed by atoms with Crippen LogP contribution in [-0.4, -0.2) is 35.8 Å². The minimum absolute atomic E-state index is 0.0268. The van der Waals surface area contributed by atoms with Crippen LogP contribution in [0.5, 0.6) is 0 Å². The molecule has 0 bridgehead atoms. The molecule has 0 aromatic heterocycles. The number of nitrogens with two attached hydrogens (primary N) is 1.